The van der Waals surface area contributed by atoms with E-state index in [9.17, 15) is 9.59 Å². The Morgan fingerprint density at radius 2 is 2.00 bits per heavy atom. The molecule has 0 aromatic rings. The van der Waals surface area contributed by atoms with E-state index in [1.54, 1.807) is 6.07 Å². The molecule has 0 aromatic carbocycles. The normalized spacial score (nSPS) is 9.91. The van der Waals surface area contributed by atoms with E-state index in [4.69, 9.17) is 10.4 Å². The van der Waals surface area contributed by atoms with E-state index >= 15 is 0 Å². The first-order valence-electron chi connectivity index (χ1n) is 2.86. The molecule has 0 aliphatic heterocycles. The maximum Gasteiger partial charge on any atom is 0.394 e. The Kier molecular flexibility index (Phi) is 2.58. The van der Waals surface area contributed by atoms with Crippen molar-refractivity contribution in [2.75, 3.05) is 0 Å². The van der Waals surface area contributed by atoms with Crippen molar-refractivity contribution in [3.8, 4) is 6.07 Å². The molecule has 2 N–H and O–H groups in total. The van der Waals surface area contributed by atoms with Crippen LogP contribution < -0.4 is 5.32 Å². The lowest BCUT2D eigenvalue weighted by atomic mass is 10.1. The summed E-state index contributed by atoms with van der Waals surface area (Å²) < 4.78 is 0. The number of amides is 1. The Hall–Kier alpha value is -1.57. The lowest BCUT2D eigenvalue weighted by Crippen LogP contribution is -2.45. The number of carboxylic acids is 1. The van der Waals surface area contributed by atoms with Crippen LogP contribution in [0.15, 0.2) is 0 Å². The molecule has 5 heteroatoms. The molecule has 0 fully saturated rings. The van der Waals surface area contributed by atoms with Gasteiger partial charge in [0.05, 0.1) is 6.07 Å². The molecular weight excluding hydrogens is 148 g/mol. The molecule has 0 aliphatic carbocycles. The second-order valence-corrected chi connectivity index (χ2v) is 2.50. The topological polar surface area (TPSA) is 90.2 Å². The first-order chi connectivity index (χ1) is 4.89. The molecule has 0 bridgehead atoms. The molecule has 0 saturated carbocycles. The molecule has 11 heavy (non-hydrogen) atoms. The van der Waals surface area contributed by atoms with E-state index in [0.717, 1.165) is 0 Å². The van der Waals surface area contributed by atoms with Crippen molar-refractivity contribution in [2.45, 2.75) is 19.4 Å². The summed E-state index contributed by atoms with van der Waals surface area (Å²) in [6, 6.07) is 1.73. The van der Waals surface area contributed by atoms with Crippen molar-refractivity contribution in [1.82, 2.24) is 5.32 Å². The molecule has 0 aromatic heterocycles. The van der Waals surface area contributed by atoms with Gasteiger partial charge >= 0.3 is 11.9 Å². The van der Waals surface area contributed by atoms with Crippen molar-refractivity contribution in [3.63, 3.8) is 0 Å². The minimum Gasteiger partial charge on any atom is -0.474 e. The van der Waals surface area contributed by atoms with Gasteiger partial charge in [0, 0.05) is 0 Å². The van der Waals surface area contributed by atoms with Gasteiger partial charge in [-0.05, 0) is 13.8 Å². The largest absolute Gasteiger partial charge is 0.474 e. The van der Waals surface area contributed by atoms with Crippen molar-refractivity contribution in [2.24, 2.45) is 0 Å². The van der Waals surface area contributed by atoms with E-state index in [2.05, 4.69) is 0 Å². The maximum atomic E-state index is 10.5. The van der Waals surface area contributed by atoms with E-state index in [-0.39, 0.29) is 0 Å². The number of carboxylic acid groups (broad SMARTS) is 1. The molecule has 0 rings (SSSR count). The number of aliphatic carboxylic acids is 1. The van der Waals surface area contributed by atoms with Crippen molar-refractivity contribution in [3.05, 3.63) is 0 Å². The summed E-state index contributed by atoms with van der Waals surface area (Å²) in [6.07, 6.45) is 0. The molecule has 0 saturated heterocycles. The Labute approximate surface area is 63.6 Å². The number of nitriles is 1. The predicted octanol–water partition coefficient (Wildman–Crippen LogP) is -0.511. The van der Waals surface area contributed by atoms with Crippen LogP contribution in [0.1, 0.15) is 13.8 Å². The zero-order valence-corrected chi connectivity index (χ0v) is 6.21. The highest BCUT2D eigenvalue weighted by Crippen LogP contribution is 1.97. The fourth-order valence-electron chi connectivity index (χ4n) is 0.365. The molecule has 0 heterocycles. The van der Waals surface area contributed by atoms with Gasteiger partial charge in [0.2, 0.25) is 0 Å². The molecule has 0 unspecified atom stereocenters. The summed E-state index contributed by atoms with van der Waals surface area (Å²) in [7, 11) is 0. The van der Waals surface area contributed by atoms with Crippen LogP contribution in [0.5, 0.6) is 0 Å². The fourth-order valence-corrected chi connectivity index (χ4v) is 0.365. The maximum absolute atomic E-state index is 10.5. The van der Waals surface area contributed by atoms with Crippen molar-refractivity contribution < 1.29 is 14.7 Å². The van der Waals surface area contributed by atoms with Gasteiger partial charge in [0.15, 0.2) is 0 Å². The quantitative estimate of drug-likeness (QED) is 0.500. The Balaban J connectivity index is 4.19. The predicted molar refractivity (Wildman–Crippen MR) is 35.5 cm³/mol. The lowest BCUT2D eigenvalue weighted by Gasteiger charge is -2.14. The average molecular weight is 156 g/mol. The summed E-state index contributed by atoms with van der Waals surface area (Å²) in [4.78, 5) is 20.4. The first kappa shape index (κ1) is 9.43. The van der Waals surface area contributed by atoms with Crippen LogP contribution in [-0.2, 0) is 9.59 Å². The van der Waals surface area contributed by atoms with Gasteiger partial charge in [0.1, 0.15) is 5.54 Å². The SMILES string of the molecule is CC(C)(C#N)NC(=O)C(=O)O. The monoisotopic (exact) mass is 156 g/mol. The zero-order chi connectivity index (χ0) is 9.07. The highest BCUT2D eigenvalue weighted by Gasteiger charge is 2.22. The standard InChI is InChI=1S/C6H8N2O3/c1-6(2,3-7)8-4(9)5(10)11/h1-2H3,(H,8,9)(H,10,11). The van der Waals surface area contributed by atoms with E-state index in [0.29, 0.717) is 0 Å². The number of nitrogens with one attached hydrogen (secondary N) is 1. The van der Waals surface area contributed by atoms with Crippen LogP contribution in [0.25, 0.3) is 0 Å². The summed E-state index contributed by atoms with van der Waals surface area (Å²) in [6.45, 7) is 2.82. The number of rotatable bonds is 1. The number of nitrogens with zero attached hydrogens (tertiary/aromatic N) is 1. The van der Waals surface area contributed by atoms with E-state index in [1.807, 2.05) is 5.32 Å². The van der Waals surface area contributed by atoms with Crippen molar-refractivity contribution >= 4 is 11.9 Å². The van der Waals surface area contributed by atoms with Gasteiger partial charge in [0.25, 0.3) is 0 Å². The first-order valence-corrected chi connectivity index (χ1v) is 2.86. The summed E-state index contributed by atoms with van der Waals surface area (Å²) in [5, 5.41) is 18.5. The molecule has 1 amide bonds. The van der Waals surface area contributed by atoms with Crippen LogP contribution in [0.3, 0.4) is 0 Å². The highest BCUT2D eigenvalue weighted by atomic mass is 16.4. The average Bonchev–Trinajstić information content (AvgIpc) is 1.87. The minimum absolute atomic E-state index is 1.13. The molecule has 0 radical (unpaired) electrons. The number of carbonyl (C=O) groups is 2. The molecule has 0 atom stereocenters. The van der Waals surface area contributed by atoms with Crippen LogP contribution in [0.4, 0.5) is 0 Å². The Morgan fingerprint density at radius 1 is 1.55 bits per heavy atom. The second kappa shape index (κ2) is 3.01. The van der Waals surface area contributed by atoms with Gasteiger partial charge in [-0.3, -0.25) is 4.79 Å². The number of hydrogen-bond acceptors (Lipinski definition) is 3. The van der Waals surface area contributed by atoms with Gasteiger partial charge in [-0.15, -0.1) is 0 Å². The van der Waals surface area contributed by atoms with Crippen molar-refractivity contribution in [1.29, 1.82) is 5.26 Å². The molecule has 0 aliphatic rings. The summed E-state index contributed by atoms with van der Waals surface area (Å²) in [5.41, 5.74) is -1.13. The Morgan fingerprint density at radius 3 is 2.27 bits per heavy atom. The molecule has 0 spiro atoms. The molecule has 5 nitrogen and oxygen atoms in total. The van der Waals surface area contributed by atoms with Gasteiger partial charge in [-0.2, -0.15) is 5.26 Å². The number of hydrogen-bond donors (Lipinski definition) is 2. The van der Waals surface area contributed by atoms with Gasteiger partial charge in [-0.1, -0.05) is 0 Å². The molecule has 60 valence electrons. The lowest BCUT2D eigenvalue weighted by molar-refractivity contribution is -0.150. The highest BCUT2D eigenvalue weighted by molar-refractivity contribution is 6.31. The van der Waals surface area contributed by atoms with Gasteiger partial charge < -0.3 is 10.4 Å². The van der Waals surface area contributed by atoms with E-state index in [1.165, 1.54) is 13.8 Å². The van der Waals surface area contributed by atoms with E-state index < -0.39 is 17.4 Å². The number of carbonyl (C=O) groups excluding carboxylic acids is 1. The van der Waals surface area contributed by atoms with Crippen LogP contribution in [0.2, 0.25) is 0 Å². The zero-order valence-electron chi connectivity index (χ0n) is 6.21. The smallest absolute Gasteiger partial charge is 0.394 e. The van der Waals surface area contributed by atoms with Crippen LogP contribution >= 0.6 is 0 Å². The van der Waals surface area contributed by atoms with Crippen LogP contribution in [-0.4, -0.2) is 22.5 Å². The second-order valence-electron chi connectivity index (χ2n) is 2.50. The molecular formula is C6H8N2O3. The van der Waals surface area contributed by atoms with Gasteiger partial charge in [-0.25, -0.2) is 4.79 Å². The summed E-state index contributed by atoms with van der Waals surface area (Å²) in [5.74, 6) is -2.76. The third-order valence-electron chi connectivity index (χ3n) is 0.900. The third kappa shape index (κ3) is 3.20. The Bertz CT molecular complexity index is 226. The minimum atomic E-state index is -1.59. The fraction of sp³-hybridized carbons (Fsp3) is 0.500. The van der Waals surface area contributed by atoms with Crippen LogP contribution in [0, 0.1) is 11.3 Å². The summed E-state index contributed by atoms with van der Waals surface area (Å²) >= 11 is 0. The third-order valence-corrected chi connectivity index (χ3v) is 0.900.